The Morgan fingerprint density at radius 1 is 1.10 bits per heavy atom. The SMILES string of the molecule is C[C@@H](C(=O)OCC(=O)NC(=O)NC1CCCC1)N1C(=O)c2cc(Cl)c(Cl)cc2C1=O. The number of carbonyl (C=O) groups is 5. The Morgan fingerprint density at radius 3 is 2.17 bits per heavy atom. The number of amides is 5. The molecule has 1 heterocycles. The van der Waals surface area contributed by atoms with Crippen LogP contribution in [-0.2, 0) is 14.3 Å². The number of hydrogen-bond acceptors (Lipinski definition) is 6. The monoisotopic (exact) mass is 455 g/mol. The highest BCUT2D eigenvalue weighted by molar-refractivity contribution is 6.43. The van der Waals surface area contributed by atoms with E-state index in [1.165, 1.54) is 19.1 Å². The Morgan fingerprint density at radius 2 is 1.63 bits per heavy atom. The highest BCUT2D eigenvalue weighted by Gasteiger charge is 2.42. The average molecular weight is 456 g/mol. The number of nitrogens with one attached hydrogen (secondary N) is 2. The minimum absolute atomic E-state index is 0.0235. The molecule has 1 aliphatic carbocycles. The van der Waals surface area contributed by atoms with Gasteiger partial charge in [-0.3, -0.25) is 24.6 Å². The van der Waals surface area contributed by atoms with Gasteiger partial charge in [0.15, 0.2) is 6.61 Å². The number of urea groups is 1. The van der Waals surface area contributed by atoms with E-state index in [2.05, 4.69) is 10.6 Å². The van der Waals surface area contributed by atoms with Crippen molar-refractivity contribution in [2.75, 3.05) is 6.61 Å². The van der Waals surface area contributed by atoms with E-state index in [0.29, 0.717) is 4.90 Å². The molecule has 3 rings (SSSR count). The molecule has 1 aliphatic heterocycles. The zero-order valence-electron chi connectivity index (χ0n) is 16.0. The second-order valence-corrected chi connectivity index (χ2v) is 7.89. The molecule has 0 aromatic heterocycles. The third-order valence-electron chi connectivity index (χ3n) is 4.98. The lowest BCUT2D eigenvalue weighted by Gasteiger charge is -2.20. The molecule has 1 saturated carbocycles. The molecule has 0 spiro atoms. The van der Waals surface area contributed by atoms with E-state index in [1.54, 1.807) is 0 Å². The van der Waals surface area contributed by atoms with Crippen LogP contribution in [0.2, 0.25) is 10.0 Å². The van der Waals surface area contributed by atoms with Gasteiger partial charge >= 0.3 is 12.0 Å². The maximum Gasteiger partial charge on any atom is 0.329 e. The number of carbonyl (C=O) groups excluding carboxylic acids is 5. The zero-order valence-corrected chi connectivity index (χ0v) is 17.5. The molecule has 5 amide bonds. The zero-order chi connectivity index (χ0) is 22.0. The Labute approximate surface area is 182 Å². The normalized spacial score (nSPS) is 17.0. The first-order chi connectivity index (χ1) is 14.2. The lowest BCUT2D eigenvalue weighted by molar-refractivity contribution is -0.151. The second-order valence-electron chi connectivity index (χ2n) is 7.08. The summed E-state index contributed by atoms with van der Waals surface area (Å²) >= 11 is 11.8. The van der Waals surface area contributed by atoms with Crippen LogP contribution in [0.15, 0.2) is 12.1 Å². The fourth-order valence-corrected chi connectivity index (χ4v) is 3.75. The van der Waals surface area contributed by atoms with Crippen LogP contribution in [0.4, 0.5) is 4.79 Å². The van der Waals surface area contributed by atoms with Gasteiger partial charge in [-0.1, -0.05) is 36.0 Å². The number of esters is 1. The smallest absolute Gasteiger partial charge is 0.329 e. The Bertz CT molecular complexity index is 888. The van der Waals surface area contributed by atoms with Crippen LogP contribution in [0.25, 0.3) is 0 Å². The van der Waals surface area contributed by atoms with Gasteiger partial charge in [0.2, 0.25) is 0 Å². The minimum Gasteiger partial charge on any atom is -0.454 e. The molecule has 2 N–H and O–H groups in total. The van der Waals surface area contributed by atoms with Crippen molar-refractivity contribution >= 4 is 52.9 Å². The van der Waals surface area contributed by atoms with Crippen LogP contribution in [0.1, 0.15) is 53.3 Å². The van der Waals surface area contributed by atoms with Crippen LogP contribution >= 0.6 is 23.2 Å². The van der Waals surface area contributed by atoms with Gasteiger partial charge in [-0.05, 0) is 31.9 Å². The molecule has 1 aromatic carbocycles. The maximum absolute atomic E-state index is 12.5. The Balaban J connectivity index is 1.54. The molecule has 160 valence electrons. The van der Waals surface area contributed by atoms with Crippen LogP contribution in [0.3, 0.4) is 0 Å². The molecule has 30 heavy (non-hydrogen) atoms. The van der Waals surface area contributed by atoms with Gasteiger partial charge in [-0.15, -0.1) is 0 Å². The summed E-state index contributed by atoms with van der Waals surface area (Å²) in [7, 11) is 0. The third kappa shape index (κ3) is 4.57. The molecule has 0 saturated heterocycles. The first-order valence-electron chi connectivity index (χ1n) is 9.33. The van der Waals surface area contributed by atoms with Crippen molar-refractivity contribution in [2.45, 2.75) is 44.7 Å². The highest BCUT2D eigenvalue weighted by atomic mass is 35.5. The van der Waals surface area contributed by atoms with E-state index in [1.807, 2.05) is 0 Å². The summed E-state index contributed by atoms with van der Waals surface area (Å²) in [5, 5.41) is 4.93. The lowest BCUT2D eigenvalue weighted by Crippen LogP contribution is -2.46. The number of ether oxygens (including phenoxy) is 1. The number of benzene rings is 1. The van der Waals surface area contributed by atoms with Crippen molar-refractivity contribution in [1.82, 2.24) is 15.5 Å². The first kappa shape index (κ1) is 22.0. The number of halogens is 2. The van der Waals surface area contributed by atoms with Gasteiger partial charge in [-0.2, -0.15) is 0 Å². The summed E-state index contributed by atoms with van der Waals surface area (Å²) in [6.45, 7) is 0.556. The summed E-state index contributed by atoms with van der Waals surface area (Å²) in [6.07, 6.45) is 3.74. The fourth-order valence-electron chi connectivity index (χ4n) is 3.42. The summed E-state index contributed by atoms with van der Waals surface area (Å²) in [4.78, 5) is 61.6. The van der Waals surface area contributed by atoms with E-state index in [4.69, 9.17) is 27.9 Å². The molecule has 0 bridgehead atoms. The van der Waals surface area contributed by atoms with Crippen molar-refractivity contribution < 1.29 is 28.7 Å². The fraction of sp³-hybridized carbons (Fsp3) is 0.421. The molecule has 1 fully saturated rings. The molecule has 11 heteroatoms. The van der Waals surface area contributed by atoms with E-state index in [0.717, 1.165) is 25.7 Å². The van der Waals surface area contributed by atoms with Gasteiger partial charge in [0, 0.05) is 6.04 Å². The number of rotatable bonds is 5. The van der Waals surface area contributed by atoms with Gasteiger partial charge in [0.1, 0.15) is 6.04 Å². The van der Waals surface area contributed by atoms with Crippen LogP contribution in [-0.4, -0.2) is 53.3 Å². The Hall–Kier alpha value is -2.65. The summed E-state index contributed by atoms with van der Waals surface area (Å²) in [5.74, 6) is -3.25. The highest BCUT2D eigenvalue weighted by Crippen LogP contribution is 2.32. The number of hydrogen-bond donors (Lipinski definition) is 2. The molecule has 0 unspecified atom stereocenters. The topological polar surface area (TPSA) is 122 Å². The van der Waals surface area contributed by atoms with Crippen molar-refractivity contribution in [3.63, 3.8) is 0 Å². The molecular formula is C19H19Cl2N3O6. The van der Waals surface area contributed by atoms with Gasteiger partial charge < -0.3 is 10.1 Å². The van der Waals surface area contributed by atoms with Gasteiger partial charge in [0.25, 0.3) is 17.7 Å². The predicted octanol–water partition coefficient (Wildman–Crippen LogP) is 2.29. The maximum atomic E-state index is 12.5. The predicted molar refractivity (Wildman–Crippen MR) is 106 cm³/mol. The minimum atomic E-state index is -1.30. The van der Waals surface area contributed by atoms with Crippen molar-refractivity contribution in [3.8, 4) is 0 Å². The van der Waals surface area contributed by atoms with E-state index < -0.39 is 42.4 Å². The molecule has 0 radical (unpaired) electrons. The quantitative estimate of drug-likeness (QED) is 0.518. The largest absolute Gasteiger partial charge is 0.454 e. The van der Waals surface area contributed by atoms with Gasteiger partial charge in [0.05, 0.1) is 21.2 Å². The van der Waals surface area contributed by atoms with Crippen LogP contribution in [0.5, 0.6) is 0 Å². The molecule has 1 aromatic rings. The van der Waals surface area contributed by atoms with Crippen molar-refractivity contribution in [2.24, 2.45) is 0 Å². The third-order valence-corrected chi connectivity index (χ3v) is 5.70. The van der Waals surface area contributed by atoms with Gasteiger partial charge in [-0.25, -0.2) is 9.59 Å². The summed E-state index contributed by atoms with van der Waals surface area (Å²) in [6, 6.07) is 0.582. The molecule has 1 atom stereocenters. The summed E-state index contributed by atoms with van der Waals surface area (Å²) < 4.78 is 4.86. The number of nitrogens with zero attached hydrogens (tertiary/aromatic N) is 1. The second kappa shape index (κ2) is 9.01. The van der Waals surface area contributed by atoms with E-state index >= 15 is 0 Å². The van der Waals surface area contributed by atoms with Crippen molar-refractivity contribution in [3.05, 3.63) is 33.3 Å². The van der Waals surface area contributed by atoms with E-state index in [9.17, 15) is 24.0 Å². The standard InChI is InChI=1S/C19H19Cl2N3O6/c1-9(24-16(26)11-6-13(20)14(21)7-12(11)17(24)27)18(28)30-8-15(25)23-19(29)22-10-4-2-3-5-10/h6-7,9-10H,2-5,8H2,1H3,(H2,22,23,25,29)/t9-/m0/s1. The lowest BCUT2D eigenvalue weighted by atomic mass is 10.1. The number of fused-ring (bicyclic) bond motifs is 1. The Kier molecular flexibility index (Phi) is 6.62. The molecule has 2 aliphatic rings. The average Bonchev–Trinajstić information content (AvgIpc) is 3.27. The molecule has 9 nitrogen and oxygen atoms in total. The van der Waals surface area contributed by atoms with Crippen molar-refractivity contribution in [1.29, 1.82) is 0 Å². The molecular weight excluding hydrogens is 437 g/mol. The van der Waals surface area contributed by atoms with Crippen LogP contribution in [0, 0.1) is 0 Å². The first-order valence-corrected chi connectivity index (χ1v) is 10.1. The van der Waals surface area contributed by atoms with E-state index in [-0.39, 0.29) is 27.2 Å². The van der Waals surface area contributed by atoms with Crippen LogP contribution < -0.4 is 10.6 Å². The summed E-state index contributed by atoms with van der Waals surface area (Å²) in [5.41, 5.74) is 0.0470. The number of imide groups is 2.